The molecule has 2 aliphatic heterocycles. The Morgan fingerprint density at radius 2 is 1.97 bits per heavy atom. The quantitative estimate of drug-likeness (QED) is 0.195. The SMILES string of the molecule is CCNC(=NCCCC(=O)N1CCc2ccccc21)NC1CCN(CCOC(C)C)CC1.I. The number of amides is 1. The van der Waals surface area contributed by atoms with Crippen molar-refractivity contribution in [2.75, 3.05) is 50.8 Å². The lowest BCUT2D eigenvalue weighted by atomic mass is 10.1. The standard InChI is InChI=1S/C25H41N5O2.HI/c1-4-26-25(28-22-12-15-29(16-13-22)18-19-32-20(2)3)27-14-7-10-24(31)30-17-11-21-8-5-6-9-23(21)30;/h5-6,8-9,20,22H,4,7,10-19H2,1-3H3,(H2,26,27,28);1H. The number of rotatable bonds is 10. The molecule has 0 aromatic heterocycles. The van der Waals surface area contributed by atoms with Gasteiger partial charge in [-0.05, 0) is 58.1 Å². The molecule has 3 rings (SSSR count). The molecule has 0 aliphatic carbocycles. The van der Waals surface area contributed by atoms with Gasteiger partial charge in [-0.2, -0.15) is 0 Å². The minimum absolute atomic E-state index is 0. The van der Waals surface area contributed by atoms with Crippen molar-refractivity contribution in [3.05, 3.63) is 29.8 Å². The molecule has 33 heavy (non-hydrogen) atoms. The summed E-state index contributed by atoms with van der Waals surface area (Å²) in [4.78, 5) is 21.8. The highest BCUT2D eigenvalue weighted by Gasteiger charge is 2.23. The van der Waals surface area contributed by atoms with E-state index >= 15 is 0 Å². The highest BCUT2D eigenvalue weighted by molar-refractivity contribution is 14.0. The number of benzene rings is 1. The number of hydrogen-bond donors (Lipinski definition) is 2. The molecule has 1 aromatic rings. The Bertz CT molecular complexity index is 750. The number of nitrogens with one attached hydrogen (secondary N) is 2. The van der Waals surface area contributed by atoms with Crippen LogP contribution in [0.15, 0.2) is 29.3 Å². The molecule has 2 heterocycles. The van der Waals surface area contributed by atoms with E-state index in [0.29, 0.717) is 25.1 Å². The second kappa shape index (κ2) is 14.8. The molecule has 1 amide bonds. The van der Waals surface area contributed by atoms with Gasteiger partial charge in [0.15, 0.2) is 5.96 Å². The average Bonchev–Trinajstić information content (AvgIpc) is 3.22. The fourth-order valence-electron chi connectivity index (χ4n) is 4.39. The third-order valence-corrected chi connectivity index (χ3v) is 6.14. The number of piperidine rings is 1. The lowest BCUT2D eigenvalue weighted by molar-refractivity contribution is -0.118. The van der Waals surface area contributed by atoms with Crippen LogP contribution in [0.3, 0.4) is 0 Å². The molecule has 8 heteroatoms. The molecule has 0 radical (unpaired) electrons. The summed E-state index contributed by atoms with van der Waals surface area (Å²) < 4.78 is 5.68. The number of carbonyl (C=O) groups is 1. The summed E-state index contributed by atoms with van der Waals surface area (Å²) in [5, 5.41) is 6.95. The third-order valence-electron chi connectivity index (χ3n) is 6.14. The van der Waals surface area contributed by atoms with Crippen LogP contribution in [0.25, 0.3) is 0 Å². The van der Waals surface area contributed by atoms with Gasteiger partial charge in [0.05, 0.1) is 12.7 Å². The first-order chi connectivity index (χ1) is 15.6. The van der Waals surface area contributed by atoms with Crippen molar-refractivity contribution < 1.29 is 9.53 Å². The molecule has 0 unspecified atom stereocenters. The van der Waals surface area contributed by atoms with Crippen LogP contribution in [0.5, 0.6) is 0 Å². The molecule has 186 valence electrons. The number of fused-ring (bicyclic) bond motifs is 1. The largest absolute Gasteiger partial charge is 0.377 e. The Labute approximate surface area is 216 Å². The van der Waals surface area contributed by atoms with Gasteiger partial charge in [0, 0.05) is 57.4 Å². The summed E-state index contributed by atoms with van der Waals surface area (Å²) in [6.45, 7) is 12.5. The van der Waals surface area contributed by atoms with Gasteiger partial charge in [0.25, 0.3) is 0 Å². The zero-order chi connectivity index (χ0) is 22.8. The topological polar surface area (TPSA) is 69.2 Å². The van der Waals surface area contributed by atoms with E-state index in [9.17, 15) is 4.79 Å². The smallest absolute Gasteiger partial charge is 0.227 e. The lowest BCUT2D eigenvalue weighted by Crippen LogP contribution is -2.49. The summed E-state index contributed by atoms with van der Waals surface area (Å²) in [6, 6.07) is 8.66. The Morgan fingerprint density at radius 1 is 1.21 bits per heavy atom. The van der Waals surface area contributed by atoms with E-state index in [4.69, 9.17) is 9.73 Å². The van der Waals surface area contributed by atoms with Crippen LogP contribution in [-0.4, -0.2) is 74.8 Å². The van der Waals surface area contributed by atoms with E-state index in [1.165, 1.54) is 5.56 Å². The number of guanidine groups is 1. The van der Waals surface area contributed by atoms with Crippen LogP contribution >= 0.6 is 24.0 Å². The van der Waals surface area contributed by atoms with Crippen molar-refractivity contribution in [2.24, 2.45) is 4.99 Å². The lowest BCUT2D eigenvalue weighted by Gasteiger charge is -2.33. The van der Waals surface area contributed by atoms with E-state index < -0.39 is 0 Å². The molecule has 2 aliphatic rings. The summed E-state index contributed by atoms with van der Waals surface area (Å²) >= 11 is 0. The van der Waals surface area contributed by atoms with Gasteiger partial charge in [-0.15, -0.1) is 24.0 Å². The minimum atomic E-state index is 0. The predicted molar refractivity (Wildman–Crippen MR) is 147 cm³/mol. The molecule has 0 spiro atoms. The van der Waals surface area contributed by atoms with E-state index in [2.05, 4.69) is 42.4 Å². The summed E-state index contributed by atoms with van der Waals surface area (Å²) in [6.07, 6.45) is 4.78. The maximum Gasteiger partial charge on any atom is 0.227 e. The number of anilines is 1. The molecule has 0 atom stereocenters. The second-order valence-corrected chi connectivity index (χ2v) is 8.97. The van der Waals surface area contributed by atoms with Crippen molar-refractivity contribution in [1.29, 1.82) is 0 Å². The van der Waals surface area contributed by atoms with Gasteiger partial charge in [-0.25, -0.2) is 0 Å². The fourth-order valence-corrected chi connectivity index (χ4v) is 4.39. The summed E-state index contributed by atoms with van der Waals surface area (Å²) in [5.41, 5.74) is 2.36. The van der Waals surface area contributed by atoms with Gasteiger partial charge < -0.3 is 25.2 Å². The van der Waals surface area contributed by atoms with Crippen molar-refractivity contribution in [1.82, 2.24) is 15.5 Å². The van der Waals surface area contributed by atoms with Crippen LogP contribution < -0.4 is 15.5 Å². The van der Waals surface area contributed by atoms with Gasteiger partial charge in [-0.1, -0.05) is 18.2 Å². The van der Waals surface area contributed by atoms with Gasteiger partial charge >= 0.3 is 0 Å². The highest BCUT2D eigenvalue weighted by Crippen LogP contribution is 2.28. The van der Waals surface area contributed by atoms with Gasteiger partial charge in [0.1, 0.15) is 0 Å². The Kier molecular flexibility index (Phi) is 12.5. The first kappa shape index (κ1) is 27.9. The molecule has 1 aromatic carbocycles. The van der Waals surface area contributed by atoms with Crippen LogP contribution in [0.2, 0.25) is 0 Å². The number of halogens is 1. The monoisotopic (exact) mass is 571 g/mol. The van der Waals surface area contributed by atoms with Crippen molar-refractivity contribution >= 4 is 41.5 Å². The number of likely N-dealkylation sites (tertiary alicyclic amines) is 1. The Morgan fingerprint density at radius 3 is 2.70 bits per heavy atom. The fraction of sp³-hybridized carbons (Fsp3) is 0.680. The number of carbonyl (C=O) groups excluding carboxylic acids is 1. The number of hydrogen-bond acceptors (Lipinski definition) is 4. The van der Waals surface area contributed by atoms with Crippen LogP contribution in [-0.2, 0) is 16.0 Å². The van der Waals surface area contributed by atoms with E-state index in [1.54, 1.807) is 0 Å². The summed E-state index contributed by atoms with van der Waals surface area (Å²) in [7, 11) is 0. The van der Waals surface area contributed by atoms with Gasteiger partial charge in [0.2, 0.25) is 5.91 Å². The zero-order valence-electron chi connectivity index (χ0n) is 20.5. The maximum atomic E-state index is 12.7. The molecular formula is C25H42IN5O2. The Hall–Kier alpha value is -1.39. The van der Waals surface area contributed by atoms with E-state index in [-0.39, 0.29) is 29.9 Å². The summed E-state index contributed by atoms with van der Waals surface area (Å²) in [5.74, 6) is 1.07. The number of para-hydroxylation sites is 1. The number of nitrogens with zero attached hydrogens (tertiary/aromatic N) is 3. The zero-order valence-corrected chi connectivity index (χ0v) is 22.8. The molecular weight excluding hydrogens is 529 g/mol. The van der Waals surface area contributed by atoms with Crippen molar-refractivity contribution in [3.8, 4) is 0 Å². The number of aliphatic imine (C=N–C) groups is 1. The van der Waals surface area contributed by atoms with Gasteiger partial charge in [-0.3, -0.25) is 9.79 Å². The van der Waals surface area contributed by atoms with Crippen LogP contribution in [0.4, 0.5) is 5.69 Å². The average molecular weight is 572 g/mol. The van der Waals surface area contributed by atoms with Crippen LogP contribution in [0.1, 0.15) is 52.0 Å². The van der Waals surface area contributed by atoms with E-state index in [1.807, 2.05) is 23.1 Å². The van der Waals surface area contributed by atoms with Crippen molar-refractivity contribution in [3.63, 3.8) is 0 Å². The predicted octanol–water partition coefficient (Wildman–Crippen LogP) is 3.42. The molecule has 1 fully saturated rings. The minimum Gasteiger partial charge on any atom is -0.377 e. The maximum absolute atomic E-state index is 12.7. The normalized spacial score (nSPS) is 17.1. The van der Waals surface area contributed by atoms with E-state index in [0.717, 1.165) is 76.7 Å². The van der Waals surface area contributed by atoms with Crippen molar-refractivity contribution in [2.45, 2.75) is 65.0 Å². The molecule has 2 N–H and O–H groups in total. The highest BCUT2D eigenvalue weighted by atomic mass is 127. The third kappa shape index (κ3) is 9.05. The molecule has 0 bridgehead atoms. The molecule has 0 saturated carbocycles. The second-order valence-electron chi connectivity index (χ2n) is 8.97. The van der Waals surface area contributed by atoms with Crippen LogP contribution in [0, 0.1) is 0 Å². The number of ether oxygens (including phenoxy) is 1. The molecule has 1 saturated heterocycles. The molecule has 7 nitrogen and oxygen atoms in total. The first-order valence-electron chi connectivity index (χ1n) is 12.3. The Balaban J connectivity index is 0.00000385. The first-order valence-corrected chi connectivity index (χ1v) is 12.3.